The SMILES string of the molecule is C/C=C(CSCC(NC(C)C)C(C)=O)\C(=C/C)[N+](=O)[O-]. The Hall–Kier alpha value is -1.14. The average Bonchev–Trinajstić information content (AvgIpc) is 2.35. The van der Waals surface area contributed by atoms with Gasteiger partial charge in [-0.3, -0.25) is 14.9 Å². The Balaban J connectivity index is 4.52. The molecule has 20 heavy (non-hydrogen) atoms. The van der Waals surface area contributed by atoms with Crippen molar-refractivity contribution in [2.24, 2.45) is 0 Å². The summed E-state index contributed by atoms with van der Waals surface area (Å²) in [6, 6.07) is 0.0262. The molecule has 0 aliphatic rings. The second kappa shape index (κ2) is 9.72. The van der Waals surface area contributed by atoms with Crippen LogP contribution in [0.1, 0.15) is 34.6 Å². The number of carbonyl (C=O) groups is 1. The topological polar surface area (TPSA) is 72.2 Å². The average molecular weight is 300 g/mol. The molecule has 1 N–H and O–H groups in total. The first-order valence-electron chi connectivity index (χ1n) is 6.63. The van der Waals surface area contributed by atoms with E-state index in [9.17, 15) is 14.9 Å². The van der Waals surface area contributed by atoms with Gasteiger partial charge in [-0.15, -0.1) is 0 Å². The Bertz CT molecular complexity index is 403. The molecule has 0 aromatic rings. The number of nitrogens with one attached hydrogen (secondary N) is 1. The molecule has 6 heteroatoms. The van der Waals surface area contributed by atoms with Crippen LogP contribution in [0.3, 0.4) is 0 Å². The van der Waals surface area contributed by atoms with Gasteiger partial charge in [0.15, 0.2) is 0 Å². The Labute approximate surface area is 125 Å². The van der Waals surface area contributed by atoms with Gasteiger partial charge in [-0.1, -0.05) is 19.9 Å². The Morgan fingerprint density at radius 2 is 1.95 bits per heavy atom. The molecule has 0 spiro atoms. The number of Topliss-reactive ketones (excluding diaryl/α,β-unsaturated/α-hetero) is 1. The number of rotatable bonds is 9. The number of hydrogen-bond acceptors (Lipinski definition) is 5. The van der Waals surface area contributed by atoms with Gasteiger partial charge < -0.3 is 5.32 Å². The van der Waals surface area contributed by atoms with E-state index in [4.69, 9.17) is 0 Å². The van der Waals surface area contributed by atoms with Gasteiger partial charge in [-0.05, 0) is 26.8 Å². The second-order valence-electron chi connectivity index (χ2n) is 4.74. The zero-order valence-electron chi connectivity index (χ0n) is 12.8. The standard InChI is InChI=1S/C14H24N2O3S/c1-6-12(14(7-2)16(18)19)8-20-9-13(11(5)17)15-10(3)4/h6-7,10,13,15H,8-9H2,1-5H3/b12-6-,14-7+. The molecule has 0 bridgehead atoms. The largest absolute Gasteiger partial charge is 0.305 e. The van der Waals surface area contributed by atoms with Crippen LogP contribution in [0.4, 0.5) is 0 Å². The molecule has 0 heterocycles. The molecule has 0 aromatic heterocycles. The lowest BCUT2D eigenvalue weighted by molar-refractivity contribution is -0.420. The van der Waals surface area contributed by atoms with E-state index in [1.54, 1.807) is 26.8 Å². The molecule has 114 valence electrons. The third-order valence-electron chi connectivity index (χ3n) is 2.71. The van der Waals surface area contributed by atoms with Gasteiger partial charge in [-0.2, -0.15) is 11.8 Å². The molecular formula is C14H24N2O3S. The quantitative estimate of drug-likeness (QED) is 0.403. The molecule has 0 radical (unpaired) electrons. The number of ketones is 1. The van der Waals surface area contributed by atoms with Gasteiger partial charge in [0.2, 0.25) is 0 Å². The molecule has 0 aliphatic carbocycles. The van der Waals surface area contributed by atoms with E-state index in [2.05, 4.69) is 5.32 Å². The number of allylic oxidation sites excluding steroid dienone is 3. The molecule has 0 rings (SSSR count). The van der Waals surface area contributed by atoms with Crippen molar-refractivity contribution < 1.29 is 9.72 Å². The highest BCUT2D eigenvalue weighted by Gasteiger charge is 2.18. The maximum atomic E-state index is 11.5. The molecule has 0 fully saturated rings. The monoisotopic (exact) mass is 300 g/mol. The first-order valence-corrected chi connectivity index (χ1v) is 7.79. The molecule has 0 saturated carbocycles. The summed E-state index contributed by atoms with van der Waals surface area (Å²) < 4.78 is 0. The minimum atomic E-state index is -0.370. The van der Waals surface area contributed by atoms with Crippen LogP contribution in [-0.2, 0) is 4.79 Å². The summed E-state index contributed by atoms with van der Waals surface area (Å²) in [5.41, 5.74) is 0.825. The van der Waals surface area contributed by atoms with Crippen LogP contribution in [0, 0.1) is 10.1 Å². The minimum Gasteiger partial charge on any atom is -0.305 e. The lowest BCUT2D eigenvalue weighted by Gasteiger charge is -2.18. The Morgan fingerprint density at radius 1 is 1.35 bits per heavy atom. The van der Waals surface area contributed by atoms with Crippen LogP contribution < -0.4 is 5.32 Å². The summed E-state index contributed by atoms with van der Waals surface area (Å²) in [5, 5.41) is 14.1. The van der Waals surface area contributed by atoms with Crippen molar-refractivity contribution in [2.75, 3.05) is 11.5 Å². The zero-order chi connectivity index (χ0) is 15.7. The maximum absolute atomic E-state index is 11.5. The van der Waals surface area contributed by atoms with Gasteiger partial charge >= 0.3 is 0 Å². The molecule has 5 nitrogen and oxygen atoms in total. The summed E-state index contributed by atoms with van der Waals surface area (Å²) in [6.45, 7) is 8.99. The van der Waals surface area contributed by atoms with E-state index in [-0.39, 0.29) is 28.5 Å². The normalized spacial score (nSPS) is 14.5. The van der Waals surface area contributed by atoms with Gasteiger partial charge in [-0.25, -0.2) is 0 Å². The second-order valence-corrected chi connectivity index (χ2v) is 5.77. The lowest BCUT2D eigenvalue weighted by atomic mass is 10.2. The van der Waals surface area contributed by atoms with Crippen molar-refractivity contribution in [3.8, 4) is 0 Å². The van der Waals surface area contributed by atoms with Crippen molar-refractivity contribution in [1.82, 2.24) is 5.32 Å². The van der Waals surface area contributed by atoms with Crippen LogP contribution in [0.15, 0.2) is 23.4 Å². The van der Waals surface area contributed by atoms with Crippen molar-refractivity contribution in [1.29, 1.82) is 0 Å². The summed E-state index contributed by atoms with van der Waals surface area (Å²) in [5.74, 6) is 1.23. The van der Waals surface area contributed by atoms with E-state index in [1.165, 1.54) is 17.8 Å². The predicted molar refractivity (Wildman–Crippen MR) is 84.6 cm³/mol. The van der Waals surface area contributed by atoms with Crippen LogP contribution in [0.2, 0.25) is 0 Å². The Kier molecular flexibility index (Phi) is 9.16. The van der Waals surface area contributed by atoms with Gasteiger partial charge in [0.1, 0.15) is 5.78 Å². The molecular weight excluding hydrogens is 276 g/mol. The fraction of sp³-hybridized carbons (Fsp3) is 0.643. The van der Waals surface area contributed by atoms with Crippen LogP contribution in [-0.4, -0.2) is 34.3 Å². The summed E-state index contributed by atoms with van der Waals surface area (Å²) in [7, 11) is 0. The van der Waals surface area contributed by atoms with Crippen molar-refractivity contribution in [2.45, 2.75) is 46.7 Å². The number of carbonyl (C=O) groups excluding carboxylic acids is 1. The maximum Gasteiger partial charge on any atom is 0.268 e. The Morgan fingerprint density at radius 3 is 2.30 bits per heavy atom. The first kappa shape index (κ1) is 18.9. The van der Waals surface area contributed by atoms with Gasteiger partial charge in [0.25, 0.3) is 5.70 Å². The smallest absolute Gasteiger partial charge is 0.268 e. The van der Waals surface area contributed by atoms with E-state index in [0.29, 0.717) is 17.1 Å². The van der Waals surface area contributed by atoms with E-state index in [1.807, 2.05) is 13.8 Å². The van der Waals surface area contributed by atoms with Crippen LogP contribution in [0.5, 0.6) is 0 Å². The molecule has 0 aliphatic heterocycles. The zero-order valence-corrected chi connectivity index (χ0v) is 13.6. The summed E-state index contributed by atoms with van der Waals surface area (Å²) >= 11 is 1.53. The van der Waals surface area contributed by atoms with Crippen molar-refractivity contribution in [3.63, 3.8) is 0 Å². The third-order valence-corrected chi connectivity index (χ3v) is 3.80. The van der Waals surface area contributed by atoms with Crippen molar-refractivity contribution >= 4 is 17.5 Å². The fourth-order valence-electron chi connectivity index (χ4n) is 1.69. The highest BCUT2D eigenvalue weighted by Crippen LogP contribution is 2.18. The van der Waals surface area contributed by atoms with Gasteiger partial charge in [0.05, 0.1) is 11.0 Å². The van der Waals surface area contributed by atoms with Crippen LogP contribution >= 0.6 is 11.8 Å². The predicted octanol–water partition coefficient (Wildman–Crippen LogP) is 2.80. The highest BCUT2D eigenvalue weighted by atomic mass is 32.2. The molecule has 1 atom stereocenters. The third kappa shape index (κ3) is 6.86. The van der Waals surface area contributed by atoms with Gasteiger partial charge in [0, 0.05) is 23.1 Å². The molecule has 1 unspecified atom stereocenters. The number of nitro groups is 1. The van der Waals surface area contributed by atoms with E-state index >= 15 is 0 Å². The number of nitrogens with zero attached hydrogens (tertiary/aromatic N) is 1. The molecule has 0 amide bonds. The van der Waals surface area contributed by atoms with Crippen molar-refractivity contribution in [3.05, 3.63) is 33.5 Å². The van der Waals surface area contributed by atoms with E-state index in [0.717, 1.165) is 0 Å². The van der Waals surface area contributed by atoms with Crippen LogP contribution in [0.25, 0.3) is 0 Å². The minimum absolute atomic E-state index is 0.0914. The summed E-state index contributed by atoms with van der Waals surface area (Å²) in [6.07, 6.45) is 3.26. The van der Waals surface area contributed by atoms with E-state index < -0.39 is 0 Å². The molecule has 0 aromatic carbocycles. The summed E-state index contributed by atoms with van der Waals surface area (Å²) in [4.78, 5) is 22.0. The first-order chi connectivity index (χ1) is 9.33. The number of hydrogen-bond donors (Lipinski definition) is 1. The lowest BCUT2D eigenvalue weighted by Crippen LogP contribution is -2.41. The number of thioether (sulfide) groups is 1. The molecule has 0 saturated heterocycles. The highest BCUT2D eigenvalue weighted by molar-refractivity contribution is 7.99. The fourth-order valence-corrected chi connectivity index (χ4v) is 2.90.